The Morgan fingerprint density at radius 1 is 1.24 bits per heavy atom. The van der Waals surface area contributed by atoms with E-state index in [1.54, 1.807) is 11.7 Å². The molecule has 0 bridgehead atoms. The third-order valence-electron chi connectivity index (χ3n) is 6.89. The lowest BCUT2D eigenvalue weighted by Gasteiger charge is -2.29. The summed E-state index contributed by atoms with van der Waals surface area (Å²) in [4.78, 5) is 19.2. The fourth-order valence-electron chi connectivity index (χ4n) is 5.41. The molecule has 7 nitrogen and oxygen atoms in total. The third kappa shape index (κ3) is 3.56. The van der Waals surface area contributed by atoms with E-state index in [1.807, 2.05) is 30.5 Å². The van der Waals surface area contributed by atoms with Crippen molar-refractivity contribution in [3.05, 3.63) is 65.4 Å². The molecule has 1 aliphatic rings. The van der Waals surface area contributed by atoms with Crippen LogP contribution in [-0.2, 0) is 26.4 Å². The third-order valence-corrected chi connectivity index (χ3v) is 6.89. The van der Waals surface area contributed by atoms with Crippen LogP contribution in [0.5, 0.6) is 0 Å². The number of hydrogen-bond acceptors (Lipinski definition) is 3. The van der Waals surface area contributed by atoms with Crippen molar-refractivity contribution in [2.45, 2.75) is 46.1 Å². The zero-order chi connectivity index (χ0) is 24.0. The molecule has 0 saturated heterocycles. The quantitative estimate of drug-likeness (QED) is 0.479. The van der Waals surface area contributed by atoms with Crippen molar-refractivity contribution in [2.75, 3.05) is 13.6 Å². The molecule has 5 rings (SSSR count). The molecule has 0 spiro atoms. The summed E-state index contributed by atoms with van der Waals surface area (Å²) in [5.41, 5.74) is 8.45. The number of pyridine rings is 1. The van der Waals surface area contributed by atoms with Crippen molar-refractivity contribution >= 4 is 16.8 Å². The molecule has 0 fully saturated rings. The standard InChI is InChI=1S/C27H32N6O/c1-6-23-26(17(2)3)20-10-11-32(27(34)28-4)16-25(20)33(23)24-9-7-8-18-12-22(29-14-21(18)24)19-13-30-31(5)15-19/h7-9,12-15,17H,6,10-11,16H2,1-5H3,(H,28,34). The summed E-state index contributed by atoms with van der Waals surface area (Å²) < 4.78 is 4.20. The number of carbonyl (C=O) groups excluding carboxylic acids is 1. The zero-order valence-electron chi connectivity index (χ0n) is 20.6. The van der Waals surface area contributed by atoms with E-state index in [0.29, 0.717) is 12.5 Å². The highest BCUT2D eigenvalue weighted by molar-refractivity contribution is 5.92. The lowest BCUT2D eigenvalue weighted by atomic mass is 9.93. The Morgan fingerprint density at radius 3 is 2.74 bits per heavy atom. The fraction of sp³-hybridized carbons (Fsp3) is 0.370. The normalized spacial score (nSPS) is 13.5. The van der Waals surface area contributed by atoms with Crippen molar-refractivity contribution < 1.29 is 4.79 Å². The molecule has 4 aromatic rings. The molecule has 7 heteroatoms. The number of aromatic nitrogens is 4. The van der Waals surface area contributed by atoms with Crippen LogP contribution < -0.4 is 5.32 Å². The van der Waals surface area contributed by atoms with Gasteiger partial charge in [0.15, 0.2) is 0 Å². The summed E-state index contributed by atoms with van der Waals surface area (Å²) in [6.45, 7) is 8.12. The molecular formula is C27H32N6O. The minimum absolute atomic E-state index is 0.0248. The van der Waals surface area contributed by atoms with E-state index in [4.69, 9.17) is 4.98 Å². The van der Waals surface area contributed by atoms with Gasteiger partial charge in [0.25, 0.3) is 0 Å². The Bertz CT molecular complexity index is 1380. The summed E-state index contributed by atoms with van der Waals surface area (Å²) in [5, 5.41) is 9.34. The Labute approximate surface area is 200 Å². The van der Waals surface area contributed by atoms with Crippen LogP contribution in [0.3, 0.4) is 0 Å². The molecule has 0 radical (unpaired) electrons. The Hall–Kier alpha value is -3.61. The maximum atomic E-state index is 12.5. The highest BCUT2D eigenvalue weighted by Crippen LogP contribution is 2.38. The molecule has 4 heterocycles. The van der Waals surface area contributed by atoms with Crippen LogP contribution in [0, 0.1) is 0 Å². The predicted octanol–water partition coefficient (Wildman–Crippen LogP) is 4.81. The van der Waals surface area contributed by atoms with Gasteiger partial charge in [0.05, 0.1) is 24.1 Å². The first-order chi connectivity index (χ1) is 16.4. The molecule has 3 aromatic heterocycles. The van der Waals surface area contributed by atoms with Crippen molar-refractivity contribution in [2.24, 2.45) is 7.05 Å². The second-order valence-corrected chi connectivity index (χ2v) is 9.33. The number of fused-ring (bicyclic) bond motifs is 2. The summed E-state index contributed by atoms with van der Waals surface area (Å²) in [5.74, 6) is 0.418. The maximum absolute atomic E-state index is 12.5. The number of carbonyl (C=O) groups is 1. The number of aryl methyl sites for hydroxylation is 1. The number of rotatable bonds is 4. The lowest BCUT2D eigenvalue weighted by molar-refractivity contribution is 0.193. The first-order valence-electron chi connectivity index (χ1n) is 12.0. The maximum Gasteiger partial charge on any atom is 0.317 e. The second-order valence-electron chi connectivity index (χ2n) is 9.33. The number of amides is 2. The molecule has 1 aromatic carbocycles. The lowest BCUT2D eigenvalue weighted by Crippen LogP contribution is -2.41. The van der Waals surface area contributed by atoms with Crippen molar-refractivity contribution in [1.82, 2.24) is 29.5 Å². The monoisotopic (exact) mass is 456 g/mol. The highest BCUT2D eigenvalue weighted by Gasteiger charge is 2.30. The molecule has 0 atom stereocenters. The van der Waals surface area contributed by atoms with Crippen LogP contribution in [0.15, 0.2) is 42.9 Å². The number of hydrogen-bond donors (Lipinski definition) is 1. The molecule has 34 heavy (non-hydrogen) atoms. The molecule has 0 saturated carbocycles. The Kier molecular flexibility index (Phi) is 5.63. The van der Waals surface area contributed by atoms with E-state index in [0.717, 1.165) is 47.1 Å². The van der Waals surface area contributed by atoms with Gasteiger partial charge >= 0.3 is 6.03 Å². The molecule has 176 valence electrons. The van der Waals surface area contributed by atoms with Crippen LogP contribution in [0.4, 0.5) is 4.79 Å². The minimum atomic E-state index is -0.0248. The van der Waals surface area contributed by atoms with Gasteiger partial charge in [-0.15, -0.1) is 0 Å². The summed E-state index contributed by atoms with van der Waals surface area (Å²) in [6.07, 6.45) is 7.62. The van der Waals surface area contributed by atoms with E-state index >= 15 is 0 Å². The van der Waals surface area contributed by atoms with Crippen molar-refractivity contribution in [3.63, 3.8) is 0 Å². The van der Waals surface area contributed by atoms with Crippen molar-refractivity contribution in [1.29, 1.82) is 0 Å². The Balaban J connectivity index is 1.72. The van der Waals surface area contributed by atoms with E-state index < -0.39 is 0 Å². The second kappa shape index (κ2) is 8.63. The minimum Gasteiger partial charge on any atom is -0.341 e. The predicted molar refractivity (Wildman–Crippen MR) is 135 cm³/mol. The van der Waals surface area contributed by atoms with E-state index in [-0.39, 0.29) is 6.03 Å². The SMILES string of the molecule is CCc1c(C(C)C)c2c(n1-c1cccc3cc(-c4cnn(C)c4)ncc13)CN(C(=O)NC)CC2. The summed E-state index contributed by atoms with van der Waals surface area (Å²) in [6, 6.07) is 8.55. The fourth-order valence-corrected chi connectivity index (χ4v) is 5.41. The highest BCUT2D eigenvalue weighted by atomic mass is 16.2. The number of urea groups is 1. The van der Waals surface area contributed by atoms with E-state index in [9.17, 15) is 4.79 Å². The van der Waals surface area contributed by atoms with Gasteiger partial charge in [0.2, 0.25) is 0 Å². The van der Waals surface area contributed by atoms with E-state index in [2.05, 4.69) is 60.0 Å². The molecule has 0 aliphatic carbocycles. The molecule has 1 aliphatic heterocycles. The van der Waals surface area contributed by atoms with Crippen LogP contribution in [0.25, 0.3) is 27.7 Å². The summed E-state index contributed by atoms with van der Waals surface area (Å²) in [7, 11) is 3.61. The Morgan fingerprint density at radius 2 is 2.06 bits per heavy atom. The topological polar surface area (TPSA) is 68.0 Å². The van der Waals surface area contributed by atoms with Crippen LogP contribution >= 0.6 is 0 Å². The van der Waals surface area contributed by atoms with Gasteiger partial charge in [-0.05, 0) is 47.4 Å². The van der Waals surface area contributed by atoms with Gasteiger partial charge in [-0.2, -0.15) is 5.10 Å². The van der Waals surface area contributed by atoms with Gasteiger partial charge in [0.1, 0.15) is 0 Å². The molecule has 0 unspecified atom stereocenters. The number of nitrogens with zero attached hydrogens (tertiary/aromatic N) is 5. The molecule has 2 amide bonds. The van der Waals surface area contributed by atoms with Crippen molar-refractivity contribution in [3.8, 4) is 16.9 Å². The van der Waals surface area contributed by atoms with Crippen LogP contribution in [-0.4, -0.2) is 43.9 Å². The first kappa shape index (κ1) is 22.2. The number of benzene rings is 1. The molecule has 1 N–H and O–H groups in total. The zero-order valence-corrected chi connectivity index (χ0v) is 20.6. The van der Waals surface area contributed by atoms with Crippen LogP contribution in [0.1, 0.15) is 49.2 Å². The number of nitrogens with one attached hydrogen (secondary N) is 1. The van der Waals surface area contributed by atoms with E-state index in [1.165, 1.54) is 22.5 Å². The van der Waals surface area contributed by atoms with Gasteiger partial charge in [-0.1, -0.05) is 32.9 Å². The smallest absolute Gasteiger partial charge is 0.317 e. The largest absolute Gasteiger partial charge is 0.341 e. The van der Waals surface area contributed by atoms with Gasteiger partial charge in [-0.3, -0.25) is 9.67 Å². The van der Waals surface area contributed by atoms with Gasteiger partial charge < -0.3 is 14.8 Å². The van der Waals surface area contributed by atoms with Gasteiger partial charge in [0, 0.05) is 55.4 Å². The van der Waals surface area contributed by atoms with Gasteiger partial charge in [-0.25, -0.2) is 4.79 Å². The van der Waals surface area contributed by atoms with Crippen LogP contribution in [0.2, 0.25) is 0 Å². The molecular weight excluding hydrogens is 424 g/mol. The first-order valence-corrected chi connectivity index (χ1v) is 12.0. The average molecular weight is 457 g/mol. The summed E-state index contributed by atoms with van der Waals surface area (Å²) >= 11 is 0. The average Bonchev–Trinajstić information content (AvgIpc) is 3.43.